The summed E-state index contributed by atoms with van der Waals surface area (Å²) in [5.74, 6) is 0.554. The topological polar surface area (TPSA) is 42.4 Å². The molecule has 0 fully saturated rings. The fourth-order valence-electron chi connectivity index (χ4n) is 1.47. The fourth-order valence-corrected chi connectivity index (χ4v) is 3.03. The van der Waals surface area contributed by atoms with Gasteiger partial charge in [-0.05, 0) is 39.0 Å². The molecule has 2 aromatic heterocycles. The molecule has 1 N–H and O–H groups in total. The van der Waals surface area contributed by atoms with E-state index in [2.05, 4.69) is 20.9 Å². The van der Waals surface area contributed by atoms with Crippen LogP contribution in [0, 0.1) is 0 Å². The number of thiophene rings is 1. The average Bonchev–Trinajstić information content (AvgIpc) is 2.75. The molecule has 5 heteroatoms. The highest BCUT2D eigenvalue weighted by Crippen LogP contribution is 2.28. The maximum Gasteiger partial charge on any atom is 0.212 e. The van der Waals surface area contributed by atoms with Crippen LogP contribution < -0.4 is 4.74 Å². The number of aliphatic hydroxyl groups excluding tert-OH is 1. The van der Waals surface area contributed by atoms with Crippen LogP contribution in [0.15, 0.2) is 34.2 Å². The number of hydrogen-bond donors (Lipinski definition) is 1. The molecule has 1 atom stereocenters. The van der Waals surface area contributed by atoms with E-state index in [1.807, 2.05) is 17.5 Å². The van der Waals surface area contributed by atoms with Gasteiger partial charge in [0.05, 0.1) is 13.2 Å². The Bertz CT molecular complexity index is 484. The van der Waals surface area contributed by atoms with E-state index < -0.39 is 6.10 Å². The first-order valence-electron chi connectivity index (χ1n) is 5.10. The van der Waals surface area contributed by atoms with Gasteiger partial charge in [-0.1, -0.05) is 0 Å². The van der Waals surface area contributed by atoms with Crippen molar-refractivity contribution in [2.75, 3.05) is 7.11 Å². The van der Waals surface area contributed by atoms with E-state index in [0.29, 0.717) is 12.3 Å². The molecule has 0 bridgehead atoms. The van der Waals surface area contributed by atoms with E-state index in [-0.39, 0.29) is 0 Å². The molecule has 2 rings (SSSR count). The maximum absolute atomic E-state index is 10.1. The second-order valence-electron chi connectivity index (χ2n) is 3.55. The Kier molecular flexibility index (Phi) is 4.15. The zero-order chi connectivity index (χ0) is 12.3. The van der Waals surface area contributed by atoms with Crippen LogP contribution in [0.2, 0.25) is 0 Å². The molecule has 0 amide bonds. The van der Waals surface area contributed by atoms with Gasteiger partial charge in [-0.3, -0.25) is 0 Å². The number of hydrogen-bond acceptors (Lipinski definition) is 4. The van der Waals surface area contributed by atoms with E-state index >= 15 is 0 Å². The lowest BCUT2D eigenvalue weighted by Gasteiger charge is -2.10. The molecule has 1 unspecified atom stereocenters. The van der Waals surface area contributed by atoms with Crippen molar-refractivity contribution in [1.29, 1.82) is 0 Å². The summed E-state index contributed by atoms with van der Waals surface area (Å²) in [6, 6.07) is 5.57. The molecule has 2 heterocycles. The highest BCUT2D eigenvalue weighted by molar-refractivity contribution is 9.10. The largest absolute Gasteiger partial charge is 0.481 e. The first kappa shape index (κ1) is 12.5. The van der Waals surface area contributed by atoms with Crippen molar-refractivity contribution in [3.05, 3.63) is 44.7 Å². The second-order valence-corrected chi connectivity index (χ2v) is 5.40. The Morgan fingerprint density at radius 3 is 2.82 bits per heavy atom. The van der Waals surface area contributed by atoms with Gasteiger partial charge in [0.25, 0.3) is 0 Å². The number of aromatic nitrogens is 1. The van der Waals surface area contributed by atoms with Gasteiger partial charge in [-0.2, -0.15) is 0 Å². The van der Waals surface area contributed by atoms with Gasteiger partial charge in [0, 0.05) is 28.0 Å². The third kappa shape index (κ3) is 3.06. The lowest BCUT2D eigenvalue weighted by atomic mass is 10.1. The molecule has 3 nitrogen and oxygen atoms in total. The third-order valence-corrected chi connectivity index (χ3v) is 4.37. The Balaban J connectivity index is 2.09. The predicted molar refractivity (Wildman–Crippen MR) is 71.5 cm³/mol. The van der Waals surface area contributed by atoms with E-state index in [4.69, 9.17) is 4.74 Å². The van der Waals surface area contributed by atoms with Crippen LogP contribution in [0.1, 0.15) is 16.5 Å². The Morgan fingerprint density at radius 1 is 1.47 bits per heavy atom. The molecular formula is C12H12BrNO2S. The molecule has 2 aromatic rings. The van der Waals surface area contributed by atoms with E-state index in [1.165, 1.54) is 0 Å². The lowest BCUT2D eigenvalue weighted by Crippen LogP contribution is -2.01. The summed E-state index contributed by atoms with van der Waals surface area (Å²) < 4.78 is 6.02. The van der Waals surface area contributed by atoms with Gasteiger partial charge < -0.3 is 9.84 Å². The quantitative estimate of drug-likeness (QED) is 0.942. The Hall–Kier alpha value is -0.910. The number of rotatable bonds is 4. The SMILES string of the molecule is COc1ccc(C(O)Cc2sccc2Br)cn1. The first-order valence-corrected chi connectivity index (χ1v) is 6.78. The number of pyridine rings is 1. The van der Waals surface area contributed by atoms with Crippen LogP contribution in [0.5, 0.6) is 5.88 Å². The molecule has 0 saturated heterocycles. The molecule has 17 heavy (non-hydrogen) atoms. The van der Waals surface area contributed by atoms with Crippen molar-refractivity contribution in [2.45, 2.75) is 12.5 Å². The number of halogens is 1. The van der Waals surface area contributed by atoms with E-state index in [0.717, 1.165) is 14.9 Å². The van der Waals surface area contributed by atoms with Crippen molar-refractivity contribution in [3.63, 3.8) is 0 Å². The number of aliphatic hydroxyl groups is 1. The summed E-state index contributed by atoms with van der Waals surface area (Å²) in [4.78, 5) is 5.21. The van der Waals surface area contributed by atoms with Crippen molar-refractivity contribution in [3.8, 4) is 5.88 Å². The summed E-state index contributed by atoms with van der Waals surface area (Å²) in [5.41, 5.74) is 0.797. The van der Waals surface area contributed by atoms with Crippen molar-refractivity contribution in [2.24, 2.45) is 0 Å². The molecule has 0 spiro atoms. The summed E-state index contributed by atoms with van der Waals surface area (Å²) in [7, 11) is 1.57. The van der Waals surface area contributed by atoms with Crippen LogP contribution >= 0.6 is 27.3 Å². The lowest BCUT2D eigenvalue weighted by molar-refractivity contribution is 0.178. The second kappa shape index (κ2) is 5.62. The van der Waals surface area contributed by atoms with Gasteiger partial charge in [0.2, 0.25) is 5.88 Å². The molecule has 0 radical (unpaired) electrons. The molecule has 0 aliphatic rings. The maximum atomic E-state index is 10.1. The summed E-state index contributed by atoms with van der Waals surface area (Å²) >= 11 is 5.08. The molecule has 0 saturated carbocycles. The molecule has 0 aliphatic carbocycles. The monoisotopic (exact) mass is 313 g/mol. The zero-order valence-corrected chi connectivity index (χ0v) is 11.7. The van der Waals surface area contributed by atoms with Crippen LogP contribution in [0.3, 0.4) is 0 Å². The van der Waals surface area contributed by atoms with Gasteiger partial charge >= 0.3 is 0 Å². The van der Waals surface area contributed by atoms with Crippen molar-refractivity contribution >= 4 is 27.3 Å². The van der Waals surface area contributed by atoms with Gasteiger partial charge in [-0.25, -0.2) is 4.98 Å². The van der Waals surface area contributed by atoms with Crippen LogP contribution in [0.4, 0.5) is 0 Å². The Labute approximate surface area is 112 Å². The van der Waals surface area contributed by atoms with E-state index in [9.17, 15) is 5.11 Å². The fraction of sp³-hybridized carbons (Fsp3) is 0.250. The average molecular weight is 314 g/mol. The van der Waals surface area contributed by atoms with Crippen LogP contribution in [0.25, 0.3) is 0 Å². The minimum atomic E-state index is -0.539. The van der Waals surface area contributed by atoms with Crippen molar-refractivity contribution < 1.29 is 9.84 Å². The van der Waals surface area contributed by atoms with E-state index in [1.54, 1.807) is 30.7 Å². The van der Waals surface area contributed by atoms with Crippen LogP contribution in [-0.2, 0) is 6.42 Å². The highest BCUT2D eigenvalue weighted by Gasteiger charge is 2.12. The molecule has 90 valence electrons. The number of nitrogens with zero attached hydrogens (tertiary/aromatic N) is 1. The summed E-state index contributed by atoms with van der Waals surface area (Å²) in [6.07, 6.45) is 1.69. The zero-order valence-electron chi connectivity index (χ0n) is 9.26. The molecule has 0 aliphatic heterocycles. The van der Waals surface area contributed by atoms with Gasteiger partial charge in [0.1, 0.15) is 0 Å². The summed E-state index contributed by atoms with van der Waals surface area (Å²) in [6.45, 7) is 0. The Morgan fingerprint density at radius 2 is 2.29 bits per heavy atom. The molecule has 0 aromatic carbocycles. The van der Waals surface area contributed by atoms with Crippen molar-refractivity contribution in [1.82, 2.24) is 4.98 Å². The number of methoxy groups -OCH3 is 1. The number of ether oxygens (including phenoxy) is 1. The first-order chi connectivity index (χ1) is 8.20. The minimum Gasteiger partial charge on any atom is -0.481 e. The normalized spacial score (nSPS) is 12.4. The van der Waals surface area contributed by atoms with Gasteiger partial charge in [-0.15, -0.1) is 11.3 Å². The third-order valence-electron chi connectivity index (χ3n) is 2.42. The standard InChI is InChI=1S/C12H12BrNO2S/c1-16-12-3-2-8(7-14-12)10(15)6-11-9(13)4-5-17-11/h2-5,7,10,15H,6H2,1H3. The smallest absolute Gasteiger partial charge is 0.212 e. The predicted octanol–water partition coefficient (Wildman–Crippen LogP) is 3.19. The molecular weight excluding hydrogens is 302 g/mol. The highest BCUT2D eigenvalue weighted by atomic mass is 79.9. The van der Waals surface area contributed by atoms with Gasteiger partial charge in [0.15, 0.2) is 0 Å². The minimum absolute atomic E-state index is 0.539. The van der Waals surface area contributed by atoms with Crippen LogP contribution in [-0.4, -0.2) is 17.2 Å². The summed E-state index contributed by atoms with van der Waals surface area (Å²) in [5, 5.41) is 12.1.